The molecule has 6 nitrogen and oxygen atoms in total. The monoisotopic (exact) mass is 455 g/mol. The Morgan fingerprint density at radius 1 is 0.938 bits per heavy atom. The van der Waals surface area contributed by atoms with Gasteiger partial charge in [-0.05, 0) is 43.5 Å². The maximum atomic E-state index is 13.3. The average Bonchev–Trinajstić information content (AvgIpc) is 3.03. The minimum absolute atomic E-state index is 0.0181. The number of carbonyl (C=O) groups excluding carboxylic acids is 3. The minimum Gasteiger partial charge on any atom is -0.340 e. The number of nitrogens with zero attached hydrogens (tertiary/aromatic N) is 2. The number of hydrogen-bond acceptors (Lipinski definition) is 3. The first-order valence-corrected chi connectivity index (χ1v) is 11.4. The van der Waals surface area contributed by atoms with Crippen LogP contribution in [0.4, 0.5) is 0 Å². The standard InChI is InChI=1S/C25H30ClN3O3/c1-17(2)22(27-23(30)20-10-4-5-11-21(20)26)25(32)29-13-7-12-28(14-15-29)24(31)19-9-6-8-18(3)16-19/h4-6,8-11,16-17,22H,7,12-15H2,1-3H3,(H,27,30). The van der Waals surface area contributed by atoms with Crippen LogP contribution in [0.3, 0.4) is 0 Å². The molecule has 0 spiro atoms. The third-order valence-electron chi connectivity index (χ3n) is 5.70. The number of carbonyl (C=O) groups is 3. The first kappa shape index (κ1) is 23.8. The van der Waals surface area contributed by atoms with E-state index in [2.05, 4.69) is 5.32 Å². The predicted molar refractivity (Wildman–Crippen MR) is 126 cm³/mol. The second-order valence-corrected chi connectivity index (χ2v) is 8.92. The Balaban J connectivity index is 1.67. The highest BCUT2D eigenvalue weighted by Crippen LogP contribution is 2.17. The fourth-order valence-corrected chi connectivity index (χ4v) is 4.10. The van der Waals surface area contributed by atoms with E-state index in [1.807, 2.05) is 45.0 Å². The molecule has 1 fully saturated rings. The molecule has 1 aliphatic rings. The van der Waals surface area contributed by atoms with Gasteiger partial charge in [0.05, 0.1) is 10.6 Å². The van der Waals surface area contributed by atoms with Gasteiger partial charge in [-0.2, -0.15) is 0 Å². The third-order valence-corrected chi connectivity index (χ3v) is 6.03. The number of amides is 3. The molecule has 7 heteroatoms. The minimum atomic E-state index is -0.669. The fraction of sp³-hybridized carbons (Fsp3) is 0.400. The molecule has 0 aliphatic carbocycles. The van der Waals surface area contributed by atoms with Crippen molar-refractivity contribution in [1.82, 2.24) is 15.1 Å². The Morgan fingerprint density at radius 2 is 1.62 bits per heavy atom. The van der Waals surface area contributed by atoms with E-state index in [0.717, 1.165) is 5.56 Å². The lowest BCUT2D eigenvalue weighted by molar-refractivity contribution is -0.134. The molecule has 1 saturated heterocycles. The van der Waals surface area contributed by atoms with E-state index in [-0.39, 0.29) is 23.6 Å². The van der Waals surface area contributed by atoms with Crippen molar-refractivity contribution in [3.05, 3.63) is 70.2 Å². The topological polar surface area (TPSA) is 69.7 Å². The molecule has 0 saturated carbocycles. The normalized spacial score (nSPS) is 15.3. The summed E-state index contributed by atoms with van der Waals surface area (Å²) in [4.78, 5) is 42.5. The summed E-state index contributed by atoms with van der Waals surface area (Å²) in [5.41, 5.74) is 2.05. The van der Waals surface area contributed by atoms with Crippen LogP contribution in [0.1, 0.15) is 46.5 Å². The van der Waals surface area contributed by atoms with Crippen molar-refractivity contribution in [3.63, 3.8) is 0 Å². The smallest absolute Gasteiger partial charge is 0.253 e. The van der Waals surface area contributed by atoms with Gasteiger partial charge in [0.2, 0.25) is 5.91 Å². The molecule has 2 aromatic rings. The highest BCUT2D eigenvalue weighted by Gasteiger charge is 2.31. The summed E-state index contributed by atoms with van der Waals surface area (Å²) in [7, 11) is 0. The lowest BCUT2D eigenvalue weighted by Gasteiger charge is -2.29. The SMILES string of the molecule is Cc1cccc(C(=O)N2CCCN(C(=O)C(NC(=O)c3ccccc3Cl)C(C)C)CC2)c1. The van der Waals surface area contributed by atoms with E-state index in [9.17, 15) is 14.4 Å². The molecular formula is C25H30ClN3O3. The number of rotatable bonds is 5. The molecule has 32 heavy (non-hydrogen) atoms. The van der Waals surface area contributed by atoms with Crippen LogP contribution in [0.2, 0.25) is 5.02 Å². The number of aryl methyl sites for hydroxylation is 1. The number of hydrogen-bond donors (Lipinski definition) is 1. The highest BCUT2D eigenvalue weighted by atomic mass is 35.5. The van der Waals surface area contributed by atoms with Gasteiger partial charge >= 0.3 is 0 Å². The summed E-state index contributed by atoms with van der Waals surface area (Å²) < 4.78 is 0. The molecule has 0 bridgehead atoms. The predicted octanol–water partition coefficient (Wildman–Crippen LogP) is 3.78. The van der Waals surface area contributed by atoms with Crippen LogP contribution in [0.5, 0.6) is 0 Å². The summed E-state index contributed by atoms with van der Waals surface area (Å²) >= 11 is 6.14. The van der Waals surface area contributed by atoms with Gasteiger partial charge in [0.25, 0.3) is 11.8 Å². The van der Waals surface area contributed by atoms with Gasteiger partial charge in [-0.25, -0.2) is 0 Å². The zero-order valence-electron chi connectivity index (χ0n) is 18.8. The average molecular weight is 456 g/mol. The van der Waals surface area contributed by atoms with Crippen LogP contribution in [0, 0.1) is 12.8 Å². The molecule has 2 aromatic carbocycles. The Kier molecular flexibility index (Phi) is 7.91. The molecule has 1 heterocycles. The Bertz CT molecular complexity index is 992. The van der Waals surface area contributed by atoms with E-state index in [1.165, 1.54) is 0 Å². The maximum absolute atomic E-state index is 13.3. The van der Waals surface area contributed by atoms with Crippen LogP contribution < -0.4 is 5.32 Å². The zero-order chi connectivity index (χ0) is 23.3. The van der Waals surface area contributed by atoms with E-state index < -0.39 is 6.04 Å². The van der Waals surface area contributed by atoms with Crippen LogP contribution in [-0.4, -0.2) is 59.7 Å². The highest BCUT2D eigenvalue weighted by molar-refractivity contribution is 6.33. The van der Waals surface area contributed by atoms with Gasteiger partial charge < -0.3 is 15.1 Å². The van der Waals surface area contributed by atoms with E-state index in [4.69, 9.17) is 11.6 Å². The summed E-state index contributed by atoms with van der Waals surface area (Å²) in [5.74, 6) is -0.614. The van der Waals surface area contributed by atoms with Crippen LogP contribution in [0.15, 0.2) is 48.5 Å². The molecular weight excluding hydrogens is 426 g/mol. The quantitative estimate of drug-likeness (QED) is 0.745. The molecule has 3 rings (SSSR count). The van der Waals surface area contributed by atoms with Gasteiger partial charge in [0.1, 0.15) is 6.04 Å². The Hall–Kier alpha value is -2.86. The first-order valence-electron chi connectivity index (χ1n) is 11.0. The van der Waals surface area contributed by atoms with Crippen LogP contribution in [0.25, 0.3) is 0 Å². The van der Waals surface area contributed by atoms with E-state index in [0.29, 0.717) is 48.7 Å². The first-order chi connectivity index (χ1) is 15.3. The molecule has 0 aromatic heterocycles. The second kappa shape index (κ2) is 10.6. The summed E-state index contributed by atoms with van der Waals surface area (Å²) in [5, 5.41) is 3.21. The molecule has 170 valence electrons. The zero-order valence-corrected chi connectivity index (χ0v) is 19.6. The van der Waals surface area contributed by atoms with Crippen molar-refractivity contribution in [2.45, 2.75) is 33.2 Å². The van der Waals surface area contributed by atoms with Gasteiger partial charge in [0.15, 0.2) is 0 Å². The van der Waals surface area contributed by atoms with E-state index in [1.54, 1.807) is 34.1 Å². The third kappa shape index (κ3) is 5.68. The van der Waals surface area contributed by atoms with Crippen LogP contribution in [-0.2, 0) is 4.79 Å². The lowest BCUT2D eigenvalue weighted by Crippen LogP contribution is -2.52. The van der Waals surface area contributed by atoms with Crippen molar-refractivity contribution in [2.24, 2.45) is 5.92 Å². The van der Waals surface area contributed by atoms with Crippen molar-refractivity contribution >= 4 is 29.3 Å². The molecule has 1 aliphatic heterocycles. The van der Waals surface area contributed by atoms with Gasteiger partial charge in [-0.3, -0.25) is 14.4 Å². The van der Waals surface area contributed by atoms with E-state index >= 15 is 0 Å². The number of halogens is 1. The van der Waals surface area contributed by atoms with Gasteiger partial charge in [-0.15, -0.1) is 0 Å². The summed E-state index contributed by atoms with van der Waals surface area (Å²) in [6.45, 7) is 7.80. The second-order valence-electron chi connectivity index (χ2n) is 8.52. The lowest BCUT2D eigenvalue weighted by atomic mass is 10.0. The van der Waals surface area contributed by atoms with Crippen molar-refractivity contribution < 1.29 is 14.4 Å². The van der Waals surface area contributed by atoms with Crippen molar-refractivity contribution in [1.29, 1.82) is 0 Å². The summed E-state index contributed by atoms with van der Waals surface area (Å²) in [6.07, 6.45) is 0.687. The number of nitrogens with one attached hydrogen (secondary N) is 1. The molecule has 1 atom stereocenters. The maximum Gasteiger partial charge on any atom is 0.253 e. The summed E-state index contributed by atoms with van der Waals surface area (Å²) in [6, 6.07) is 13.7. The number of benzene rings is 2. The molecule has 1 unspecified atom stereocenters. The Morgan fingerprint density at radius 3 is 2.31 bits per heavy atom. The van der Waals surface area contributed by atoms with Gasteiger partial charge in [-0.1, -0.05) is 55.3 Å². The molecule has 3 amide bonds. The molecule has 0 radical (unpaired) electrons. The largest absolute Gasteiger partial charge is 0.340 e. The molecule has 1 N–H and O–H groups in total. The van der Waals surface area contributed by atoms with Gasteiger partial charge in [0, 0.05) is 31.7 Å². The fourth-order valence-electron chi connectivity index (χ4n) is 3.88. The van der Waals surface area contributed by atoms with Crippen molar-refractivity contribution in [2.75, 3.05) is 26.2 Å². The van der Waals surface area contributed by atoms with Crippen LogP contribution >= 0.6 is 11.6 Å². The Labute approximate surface area is 194 Å². The van der Waals surface area contributed by atoms with Crippen molar-refractivity contribution in [3.8, 4) is 0 Å².